The minimum atomic E-state index is -0.300. The second kappa shape index (κ2) is 4.73. The van der Waals surface area contributed by atoms with Crippen LogP contribution in [-0.2, 0) is 0 Å². The molecule has 1 N–H and O–H groups in total. The predicted octanol–water partition coefficient (Wildman–Crippen LogP) is 4.47. The Kier molecular flexibility index (Phi) is 3.51. The van der Waals surface area contributed by atoms with Gasteiger partial charge in [-0.05, 0) is 50.1 Å². The van der Waals surface area contributed by atoms with Gasteiger partial charge in [0.05, 0.1) is 4.47 Å². The second-order valence-corrected chi connectivity index (χ2v) is 5.15. The first-order valence-electron chi connectivity index (χ1n) is 4.28. The molecule has 0 amide bonds. The Morgan fingerprint density at radius 3 is 2.62 bits per heavy atom. The van der Waals surface area contributed by atoms with Gasteiger partial charge >= 0.3 is 0 Å². The van der Waals surface area contributed by atoms with Crippen LogP contribution in [0.1, 0.15) is 0 Å². The molecule has 0 radical (unpaired) electrons. The van der Waals surface area contributed by atoms with Crippen molar-refractivity contribution in [3.63, 3.8) is 0 Å². The van der Waals surface area contributed by atoms with Crippen molar-refractivity contribution in [1.82, 2.24) is 9.97 Å². The molecule has 2 rings (SSSR count). The molecule has 1 aromatic carbocycles. The number of H-pyrrole nitrogens is 1. The van der Waals surface area contributed by atoms with E-state index in [9.17, 15) is 4.39 Å². The van der Waals surface area contributed by atoms with Gasteiger partial charge in [0.1, 0.15) is 16.3 Å². The van der Waals surface area contributed by atoms with Gasteiger partial charge < -0.3 is 4.98 Å². The Morgan fingerprint density at radius 2 is 2.00 bits per heavy atom. The molecular weight excluding hydrogens is 359 g/mol. The lowest BCUT2D eigenvalue weighted by molar-refractivity contribution is 0.627. The van der Waals surface area contributed by atoms with Crippen molar-refractivity contribution in [2.45, 2.75) is 0 Å². The molecule has 0 unspecified atom stereocenters. The fraction of sp³-hybridized carbons (Fsp3) is 0. The zero-order chi connectivity index (χ0) is 11.7. The van der Waals surface area contributed by atoms with E-state index in [2.05, 4.69) is 41.8 Å². The summed E-state index contributed by atoms with van der Waals surface area (Å²) in [5, 5.41) is 0. The van der Waals surface area contributed by atoms with Crippen molar-refractivity contribution in [1.29, 1.82) is 0 Å². The van der Waals surface area contributed by atoms with Gasteiger partial charge in [-0.2, -0.15) is 0 Å². The zero-order valence-electron chi connectivity index (χ0n) is 7.80. The summed E-state index contributed by atoms with van der Waals surface area (Å²) in [6.45, 7) is 0. The van der Waals surface area contributed by atoms with E-state index in [1.54, 1.807) is 12.3 Å². The number of nitrogens with one attached hydrogen (secondary N) is 1. The minimum Gasteiger partial charge on any atom is -0.330 e. The summed E-state index contributed by atoms with van der Waals surface area (Å²) >= 11 is 11.6. The number of nitrogens with zero attached hydrogens (tertiary/aromatic N) is 1. The third-order valence-corrected chi connectivity index (χ3v) is 3.78. The van der Waals surface area contributed by atoms with Crippen molar-refractivity contribution in [2.24, 2.45) is 0 Å². The van der Waals surface area contributed by atoms with E-state index in [1.807, 2.05) is 0 Å². The lowest BCUT2D eigenvalue weighted by Gasteiger charge is -2.04. The first-order valence-corrected chi connectivity index (χ1v) is 6.27. The Hall–Kier alpha value is -0.590. The summed E-state index contributed by atoms with van der Waals surface area (Å²) in [7, 11) is 0. The van der Waals surface area contributed by atoms with Crippen LogP contribution in [0.25, 0.3) is 11.4 Å². The fourth-order valence-electron chi connectivity index (χ4n) is 1.20. The highest BCUT2D eigenvalue weighted by Crippen LogP contribution is 2.26. The number of aromatic nitrogens is 2. The second-order valence-electron chi connectivity index (χ2n) is 3.03. The maximum Gasteiger partial charge on any atom is 0.139 e. The topological polar surface area (TPSA) is 28.7 Å². The van der Waals surface area contributed by atoms with Crippen LogP contribution in [0, 0.1) is 10.5 Å². The molecule has 2 aromatic rings. The fourth-order valence-corrected chi connectivity index (χ4v) is 2.09. The van der Waals surface area contributed by atoms with Gasteiger partial charge in [0.25, 0.3) is 0 Å². The molecule has 0 aliphatic heterocycles. The van der Waals surface area contributed by atoms with Gasteiger partial charge in [0, 0.05) is 16.2 Å². The third-order valence-electron chi connectivity index (χ3n) is 1.94. The molecule has 0 aliphatic carbocycles. The van der Waals surface area contributed by atoms with E-state index >= 15 is 0 Å². The van der Waals surface area contributed by atoms with Gasteiger partial charge in [0.2, 0.25) is 0 Å². The first kappa shape index (κ1) is 11.9. The minimum absolute atomic E-state index is 0.300. The van der Waals surface area contributed by atoms with E-state index < -0.39 is 0 Å². The van der Waals surface area contributed by atoms with Crippen molar-refractivity contribution >= 4 is 44.1 Å². The number of halogens is 3. The highest BCUT2D eigenvalue weighted by Gasteiger charge is 2.06. The molecule has 0 saturated heterocycles. The molecule has 6 heteroatoms. The zero-order valence-corrected chi connectivity index (χ0v) is 11.8. The normalized spacial score (nSPS) is 10.4. The summed E-state index contributed by atoms with van der Waals surface area (Å²) in [6, 6.07) is 4.40. The van der Waals surface area contributed by atoms with Gasteiger partial charge in [0.15, 0.2) is 0 Å². The number of benzene rings is 1. The van der Waals surface area contributed by atoms with Crippen molar-refractivity contribution < 1.29 is 4.39 Å². The average Bonchev–Trinajstić information content (AvgIpc) is 2.22. The molecule has 2 nitrogen and oxygen atoms in total. The molecule has 1 aromatic heterocycles. The lowest BCUT2D eigenvalue weighted by Crippen LogP contribution is -1.91. The highest BCUT2D eigenvalue weighted by atomic mass is 79.9. The number of hydrogen-bond acceptors (Lipinski definition) is 2. The molecule has 0 spiro atoms. The predicted molar refractivity (Wildman–Crippen MR) is 70.2 cm³/mol. The van der Waals surface area contributed by atoms with Gasteiger partial charge in [-0.15, -0.1) is 0 Å². The van der Waals surface area contributed by atoms with Crippen LogP contribution in [0.4, 0.5) is 4.39 Å². The van der Waals surface area contributed by atoms with E-state index in [0.29, 0.717) is 14.9 Å². The summed E-state index contributed by atoms with van der Waals surface area (Å²) < 4.78 is 14.8. The van der Waals surface area contributed by atoms with Gasteiger partial charge in [-0.1, -0.05) is 12.2 Å². The van der Waals surface area contributed by atoms with Crippen molar-refractivity contribution in [3.05, 3.63) is 43.8 Å². The summed E-state index contributed by atoms with van der Waals surface area (Å²) in [6.07, 6.45) is 1.62. The van der Waals surface area contributed by atoms with E-state index in [1.165, 1.54) is 12.1 Å². The Balaban J connectivity index is 2.59. The van der Waals surface area contributed by atoms with Crippen LogP contribution in [-0.4, -0.2) is 9.97 Å². The van der Waals surface area contributed by atoms with E-state index in [4.69, 9.17) is 12.2 Å². The Labute approximate surface area is 113 Å². The van der Waals surface area contributed by atoms with E-state index in [-0.39, 0.29) is 5.82 Å². The van der Waals surface area contributed by atoms with Crippen LogP contribution in [0.3, 0.4) is 0 Å². The molecule has 16 heavy (non-hydrogen) atoms. The lowest BCUT2D eigenvalue weighted by atomic mass is 10.2. The number of aromatic amines is 1. The molecule has 0 fully saturated rings. The molecule has 82 valence electrons. The van der Waals surface area contributed by atoms with E-state index in [0.717, 1.165) is 10.0 Å². The standard InChI is InChI=1S/C10H5Br2FN2S/c11-7-3-5(13)1-2-6(7)9-14-4-8(12)10(16)15-9/h1-4H,(H,14,15,16). The summed E-state index contributed by atoms with van der Waals surface area (Å²) in [5.74, 6) is 0.298. The molecule has 0 saturated carbocycles. The van der Waals surface area contributed by atoms with Gasteiger partial charge in [-0.25, -0.2) is 9.37 Å². The quantitative estimate of drug-likeness (QED) is 0.757. The Bertz CT molecular complexity index is 598. The van der Waals surface area contributed by atoms with Crippen LogP contribution in [0.15, 0.2) is 33.3 Å². The SMILES string of the molecule is Fc1ccc(-c2ncc(Br)c(=S)[nH]2)c(Br)c1. The molecule has 0 bridgehead atoms. The maximum absolute atomic E-state index is 12.9. The number of rotatable bonds is 1. The smallest absolute Gasteiger partial charge is 0.139 e. The van der Waals surface area contributed by atoms with Crippen LogP contribution in [0.5, 0.6) is 0 Å². The maximum atomic E-state index is 12.9. The van der Waals surface area contributed by atoms with Gasteiger partial charge in [-0.3, -0.25) is 0 Å². The molecule has 0 aliphatic rings. The van der Waals surface area contributed by atoms with Crippen molar-refractivity contribution in [3.8, 4) is 11.4 Å². The third kappa shape index (κ3) is 2.39. The first-order chi connectivity index (χ1) is 7.58. The average molecular weight is 364 g/mol. The van der Waals surface area contributed by atoms with Crippen LogP contribution in [0.2, 0.25) is 0 Å². The highest BCUT2D eigenvalue weighted by molar-refractivity contribution is 9.10. The van der Waals surface area contributed by atoms with Crippen molar-refractivity contribution in [2.75, 3.05) is 0 Å². The molecule has 1 heterocycles. The monoisotopic (exact) mass is 362 g/mol. The molecule has 0 atom stereocenters. The number of hydrogen-bond donors (Lipinski definition) is 1. The summed E-state index contributed by atoms with van der Waals surface area (Å²) in [4.78, 5) is 7.13. The van der Waals surface area contributed by atoms with Crippen LogP contribution < -0.4 is 0 Å². The van der Waals surface area contributed by atoms with Crippen LogP contribution >= 0.6 is 44.1 Å². The summed E-state index contributed by atoms with van der Waals surface area (Å²) in [5.41, 5.74) is 0.764. The Morgan fingerprint density at radius 1 is 1.25 bits per heavy atom. The largest absolute Gasteiger partial charge is 0.330 e. The molecular formula is C10H5Br2FN2S.